The van der Waals surface area contributed by atoms with Crippen molar-refractivity contribution >= 4 is 17.1 Å². The number of fused-ring (bicyclic) bond motifs is 2. The second-order valence-corrected chi connectivity index (χ2v) is 5.91. The quantitative estimate of drug-likeness (QED) is 0.661. The smallest absolute Gasteiger partial charge is 0.273 e. The van der Waals surface area contributed by atoms with Crippen molar-refractivity contribution in [2.75, 3.05) is 23.3 Å². The zero-order valence-electron chi connectivity index (χ0n) is 11.8. The van der Waals surface area contributed by atoms with Gasteiger partial charge in [-0.15, -0.1) is 0 Å². The average Bonchev–Trinajstić information content (AvgIpc) is 3.07. The van der Waals surface area contributed by atoms with Crippen molar-refractivity contribution in [3.63, 3.8) is 0 Å². The van der Waals surface area contributed by atoms with Gasteiger partial charge in [-0.1, -0.05) is 6.92 Å². The van der Waals surface area contributed by atoms with Gasteiger partial charge in [-0.3, -0.25) is 10.1 Å². The summed E-state index contributed by atoms with van der Waals surface area (Å²) >= 11 is 0. The Labute approximate surface area is 119 Å². The Morgan fingerprint density at radius 3 is 2.85 bits per heavy atom. The molecule has 2 fully saturated rings. The van der Waals surface area contributed by atoms with Crippen LogP contribution in [-0.2, 0) is 0 Å². The molecule has 1 aliphatic heterocycles. The third kappa shape index (κ3) is 2.44. The van der Waals surface area contributed by atoms with Gasteiger partial charge in [0, 0.05) is 42.6 Å². The molecule has 0 radical (unpaired) electrons. The van der Waals surface area contributed by atoms with Crippen molar-refractivity contribution in [1.82, 2.24) is 0 Å². The highest BCUT2D eigenvalue weighted by Crippen LogP contribution is 2.41. The predicted molar refractivity (Wildman–Crippen MR) is 80.4 cm³/mol. The number of rotatable bonds is 5. The molecule has 1 aromatic rings. The molecule has 0 aromatic heterocycles. The Balaban J connectivity index is 1.88. The summed E-state index contributed by atoms with van der Waals surface area (Å²) in [5.74, 6) is 0.784. The Kier molecular flexibility index (Phi) is 3.51. The molecule has 2 unspecified atom stereocenters. The number of benzene rings is 1. The average molecular weight is 275 g/mol. The van der Waals surface area contributed by atoms with Crippen LogP contribution in [0.25, 0.3) is 0 Å². The van der Waals surface area contributed by atoms with Gasteiger partial charge in [-0.25, -0.2) is 0 Å². The van der Waals surface area contributed by atoms with E-state index in [2.05, 4.69) is 23.2 Å². The van der Waals surface area contributed by atoms with Crippen LogP contribution in [0.3, 0.4) is 0 Å². The van der Waals surface area contributed by atoms with E-state index < -0.39 is 0 Å². The van der Waals surface area contributed by atoms with Crippen LogP contribution in [0.4, 0.5) is 17.1 Å². The molecule has 1 aliphatic carbocycles. The van der Waals surface area contributed by atoms with Crippen LogP contribution in [0.15, 0.2) is 18.2 Å². The Morgan fingerprint density at radius 1 is 1.40 bits per heavy atom. The van der Waals surface area contributed by atoms with Gasteiger partial charge in [0.25, 0.3) is 5.69 Å². The van der Waals surface area contributed by atoms with Crippen LogP contribution in [0.5, 0.6) is 0 Å². The van der Waals surface area contributed by atoms with Gasteiger partial charge in [0.05, 0.1) is 4.92 Å². The minimum atomic E-state index is -0.297. The molecule has 20 heavy (non-hydrogen) atoms. The SMILES string of the molecule is CCCNc1cc(N2CC3CCC2C3)cc([N+](=O)[O-])c1. The largest absolute Gasteiger partial charge is 0.385 e. The highest BCUT2D eigenvalue weighted by atomic mass is 16.6. The van der Waals surface area contributed by atoms with E-state index in [-0.39, 0.29) is 10.6 Å². The van der Waals surface area contributed by atoms with Crippen LogP contribution in [0.1, 0.15) is 32.6 Å². The van der Waals surface area contributed by atoms with Crippen molar-refractivity contribution in [1.29, 1.82) is 0 Å². The summed E-state index contributed by atoms with van der Waals surface area (Å²) in [5, 5.41) is 14.4. The molecule has 1 heterocycles. The summed E-state index contributed by atoms with van der Waals surface area (Å²) in [6, 6.07) is 6.00. The van der Waals surface area contributed by atoms with E-state index in [4.69, 9.17) is 0 Å². The number of piperidine rings is 1. The van der Waals surface area contributed by atoms with Crippen molar-refractivity contribution in [3.8, 4) is 0 Å². The number of nitro groups is 1. The number of hydrogen-bond acceptors (Lipinski definition) is 4. The molecular formula is C15H21N3O2. The molecule has 0 amide bonds. The fraction of sp³-hybridized carbons (Fsp3) is 0.600. The fourth-order valence-electron chi connectivity index (χ4n) is 3.48. The number of non-ortho nitro benzene ring substituents is 1. The Morgan fingerprint density at radius 2 is 2.25 bits per heavy atom. The Bertz CT molecular complexity index is 518. The van der Waals surface area contributed by atoms with Gasteiger partial charge >= 0.3 is 0 Å². The third-order valence-corrected chi connectivity index (χ3v) is 4.43. The first-order valence-electron chi connectivity index (χ1n) is 7.47. The highest BCUT2D eigenvalue weighted by Gasteiger charge is 2.38. The van der Waals surface area contributed by atoms with E-state index in [0.29, 0.717) is 6.04 Å². The summed E-state index contributed by atoms with van der Waals surface area (Å²) in [5.41, 5.74) is 2.05. The van der Waals surface area contributed by atoms with Gasteiger partial charge in [0.1, 0.15) is 0 Å². The molecule has 0 spiro atoms. The molecule has 108 valence electrons. The molecule has 5 heteroatoms. The lowest BCUT2D eigenvalue weighted by molar-refractivity contribution is -0.384. The monoisotopic (exact) mass is 275 g/mol. The van der Waals surface area contributed by atoms with Crippen LogP contribution in [0.2, 0.25) is 0 Å². The topological polar surface area (TPSA) is 58.4 Å². The van der Waals surface area contributed by atoms with Crippen LogP contribution >= 0.6 is 0 Å². The second-order valence-electron chi connectivity index (χ2n) is 5.91. The first-order valence-corrected chi connectivity index (χ1v) is 7.47. The van der Waals surface area contributed by atoms with Gasteiger partial charge < -0.3 is 10.2 Å². The minimum Gasteiger partial charge on any atom is -0.385 e. The number of nitro benzene ring substituents is 1. The van der Waals surface area contributed by atoms with E-state index >= 15 is 0 Å². The first kappa shape index (κ1) is 13.2. The lowest BCUT2D eigenvalue weighted by Crippen LogP contribution is -2.31. The normalized spacial score (nSPS) is 24.1. The van der Waals surface area contributed by atoms with Crippen LogP contribution in [-0.4, -0.2) is 24.1 Å². The van der Waals surface area contributed by atoms with E-state index in [9.17, 15) is 10.1 Å². The maximum absolute atomic E-state index is 11.1. The summed E-state index contributed by atoms with van der Waals surface area (Å²) in [7, 11) is 0. The molecule has 1 aromatic carbocycles. The molecular weight excluding hydrogens is 254 g/mol. The van der Waals surface area contributed by atoms with Gasteiger partial charge in [-0.2, -0.15) is 0 Å². The zero-order chi connectivity index (χ0) is 14.1. The maximum Gasteiger partial charge on any atom is 0.273 e. The standard InChI is InChI=1S/C15H21N3O2/c1-2-5-16-12-7-14(9-15(8-12)18(19)20)17-10-11-3-4-13(17)6-11/h7-9,11,13,16H,2-6,10H2,1H3. The van der Waals surface area contributed by atoms with Gasteiger partial charge in [-0.05, 0) is 37.7 Å². The molecule has 3 rings (SSSR count). The molecule has 2 bridgehead atoms. The van der Waals surface area contributed by atoms with E-state index in [0.717, 1.165) is 36.8 Å². The molecule has 1 saturated heterocycles. The van der Waals surface area contributed by atoms with Gasteiger partial charge in [0.2, 0.25) is 0 Å². The first-order chi connectivity index (χ1) is 9.67. The van der Waals surface area contributed by atoms with Crippen molar-refractivity contribution in [3.05, 3.63) is 28.3 Å². The number of hydrogen-bond donors (Lipinski definition) is 1. The molecule has 5 nitrogen and oxygen atoms in total. The van der Waals surface area contributed by atoms with Crippen molar-refractivity contribution in [2.24, 2.45) is 5.92 Å². The van der Waals surface area contributed by atoms with E-state index in [1.165, 1.54) is 19.3 Å². The summed E-state index contributed by atoms with van der Waals surface area (Å²) in [4.78, 5) is 13.2. The summed E-state index contributed by atoms with van der Waals surface area (Å²) < 4.78 is 0. The fourth-order valence-corrected chi connectivity index (χ4v) is 3.48. The maximum atomic E-state index is 11.1. The second kappa shape index (κ2) is 5.31. The highest BCUT2D eigenvalue weighted by molar-refractivity contribution is 5.65. The molecule has 1 N–H and O–H groups in total. The summed E-state index contributed by atoms with van der Waals surface area (Å²) in [6.45, 7) is 3.98. The number of anilines is 2. The third-order valence-electron chi connectivity index (χ3n) is 4.43. The lowest BCUT2D eigenvalue weighted by Gasteiger charge is -2.29. The molecule has 2 atom stereocenters. The number of nitrogens with zero attached hydrogens (tertiary/aromatic N) is 2. The molecule has 1 saturated carbocycles. The van der Waals surface area contributed by atoms with E-state index in [1.807, 2.05) is 0 Å². The number of nitrogens with one attached hydrogen (secondary N) is 1. The van der Waals surface area contributed by atoms with Crippen molar-refractivity contribution < 1.29 is 4.92 Å². The molecule has 2 aliphatic rings. The summed E-state index contributed by atoms with van der Waals surface area (Å²) in [6.07, 6.45) is 4.80. The van der Waals surface area contributed by atoms with Gasteiger partial charge in [0.15, 0.2) is 0 Å². The predicted octanol–water partition coefficient (Wildman–Crippen LogP) is 3.41. The minimum absolute atomic E-state index is 0.184. The van der Waals surface area contributed by atoms with Crippen molar-refractivity contribution in [2.45, 2.75) is 38.6 Å². The van der Waals surface area contributed by atoms with E-state index in [1.54, 1.807) is 12.1 Å². The van der Waals surface area contributed by atoms with Crippen LogP contribution < -0.4 is 10.2 Å². The zero-order valence-corrected chi connectivity index (χ0v) is 11.8. The van der Waals surface area contributed by atoms with Crippen LogP contribution in [0, 0.1) is 16.0 Å². The Hall–Kier alpha value is -1.78. The lowest BCUT2D eigenvalue weighted by atomic mass is 10.1.